The maximum absolute atomic E-state index is 12.8. The van der Waals surface area contributed by atoms with Crippen LogP contribution in [0, 0.1) is 5.92 Å². The predicted molar refractivity (Wildman–Crippen MR) is 89.9 cm³/mol. The van der Waals surface area contributed by atoms with Gasteiger partial charge in [0.05, 0.1) is 18.2 Å². The molecule has 2 heterocycles. The Morgan fingerprint density at radius 1 is 1.12 bits per heavy atom. The molecule has 128 valence electrons. The molecule has 1 saturated heterocycles. The fourth-order valence-corrected chi connectivity index (χ4v) is 4.28. The number of para-hydroxylation sites is 1. The summed E-state index contributed by atoms with van der Waals surface area (Å²) < 4.78 is 6.13. The van der Waals surface area contributed by atoms with E-state index in [4.69, 9.17) is 4.74 Å². The van der Waals surface area contributed by atoms with E-state index in [0.717, 1.165) is 25.7 Å². The molecular formula is C19H24N2O3. The summed E-state index contributed by atoms with van der Waals surface area (Å²) in [5, 5.41) is 0. The van der Waals surface area contributed by atoms with Gasteiger partial charge in [0.2, 0.25) is 5.91 Å². The molecule has 1 saturated carbocycles. The lowest BCUT2D eigenvalue weighted by Crippen LogP contribution is -2.44. The maximum Gasteiger partial charge on any atom is 0.257 e. The van der Waals surface area contributed by atoms with Crippen LogP contribution in [0.4, 0.5) is 0 Å². The molecule has 2 atom stereocenters. The van der Waals surface area contributed by atoms with E-state index in [1.54, 1.807) is 11.0 Å². The molecule has 2 aliphatic heterocycles. The van der Waals surface area contributed by atoms with Crippen LogP contribution in [-0.2, 0) is 4.79 Å². The molecule has 1 aromatic carbocycles. The Morgan fingerprint density at radius 2 is 1.88 bits per heavy atom. The number of carbonyl (C=O) groups excluding carboxylic acids is 2. The number of hydrogen-bond acceptors (Lipinski definition) is 3. The van der Waals surface area contributed by atoms with Gasteiger partial charge in [0.25, 0.3) is 5.91 Å². The monoisotopic (exact) mass is 328 g/mol. The van der Waals surface area contributed by atoms with Crippen LogP contribution in [0.1, 0.15) is 42.5 Å². The molecule has 1 aromatic rings. The van der Waals surface area contributed by atoms with Gasteiger partial charge >= 0.3 is 0 Å². The van der Waals surface area contributed by atoms with Gasteiger partial charge in [-0.05, 0) is 25.0 Å². The van der Waals surface area contributed by atoms with Crippen molar-refractivity contribution in [3.63, 3.8) is 0 Å². The van der Waals surface area contributed by atoms with Crippen LogP contribution in [0.2, 0.25) is 0 Å². The zero-order valence-electron chi connectivity index (χ0n) is 14.1. The SMILES string of the molecule is CN1C(=O)c2ccccc2O[C@H]2CN(C(=O)C3CCCCC3)C[C@H]21. The highest BCUT2D eigenvalue weighted by Crippen LogP contribution is 2.32. The molecule has 0 bridgehead atoms. The van der Waals surface area contributed by atoms with E-state index in [-0.39, 0.29) is 29.9 Å². The largest absolute Gasteiger partial charge is 0.486 e. The number of amides is 2. The van der Waals surface area contributed by atoms with Crippen LogP contribution in [0.25, 0.3) is 0 Å². The summed E-state index contributed by atoms with van der Waals surface area (Å²) in [4.78, 5) is 29.2. The third-order valence-electron chi connectivity index (χ3n) is 5.72. The van der Waals surface area contributed by atoms with E-state index in [1.807, 2.05) is 30.1 Å². The average Bonchev–Trinajstić information content (AvgIpc) is 3.01. The van der Waals surface area contributed by atoms with E-state index in [9.17, 15) is 9.59 Å². The highest BCUT2D eigenvalue weighted by Gasteiger charge is 2.44. The Bertz CT molecular complexity index is 654. The number of likely N-dealkylation sites (tertiary alicyclic amines) is 1. The highest BCUT2D eigenvalue weighted by molar-refractivity contribution is 5.97. The first kappa shape index (κ1) is 15.5. The van der Waals surface area contributed by atoms with Gasteiger partial charge in [-0.1, -0.05) is 31.4 Å². The van der Waals surface area contributed by atoms with Crippen molar-refractivity contribution in [2.45, 2.75) is 44.2 Å². The number of nitrogens with zero attached hydrogens (tertiary/aromatic N) is 2. The lowest BCUT2D eigenvalue weighted by atomic mass is 9.88. The van der Waals surface area contributed by atoms with Gasteiger partial charge in [0.15, 0.2) is 0 Å². The standard InChI is InChI=1S/C19H24N2O3/c1-20-15-11-21(18(22)13-7-3-2-4-8-13)12-17(15)24-16-10-6-5-9-14(16)19(20)23/h5-6,9-10,13,15,17H,2-4,7-8,11-12H2,1H3/t15-,17+/m1/s1. The van der Waals surface area contributed by atoms with E-state index in [1.165, 1.54) is 6.42 Å². The van der Waals surface area contributed by atoms with Gasteiger partial charge < -0.3 is 14.5 Å². The molecule has 0 aromatic heterocycles. The van der Waals surface area contributed by atoms with Crippen LogP contribution < -0.4 is 4.74 Å². The summed E-state index contributed by atoms with van der Waals surface area (Å²) in [7, 11) is 1.82. The molecule has 5 nitrogen and oxygen atoms in total. The predicted octanol–water partition coefficient (Wildman–Crippen LogP) is 2.31. The second-order valence-electron chi connectivity index (χ2n) is 7.21. The zero-order chi connectivity index (χ0) is 16.7. The molecule has 5 heteroatoms. The van der Waals surface area contributed by atoms with Crippen LogP contribution in [0.5, 0.6) is 5.75 Å². The van der Waals surface area contributed by atoms with Crippen molar-refractivity contribution in [1.82, 2.24) is 9.80 Å². The molecule has 0 unspecified atom stereocenters. The maximum atomic E-state index is 12.8. The first-order chi connectivity index (χ1) is 11.6. The van der Waals surface area contributed by atoms with Gasteiger partial charge in [-0.3, -0.25) is 9.59 Å². The summed E-state index contributed by atoms with van der Waals surface area (Å²) >= 11 is 0. The van der Waals surface area contributed by atoms with Crippen LogP contribution >= 0.6 is 0 Å². The molecule has 4 rings (SSSR count). The van der Waals surface area contributed by atoms with Crippen molar-refractivity contribution in [2.75, 3.05) is 20.1 Å². The molecule has 0 spiro atoms. The first-order valence-corrected chi connectivity index (χ1v) is 8.97. The fraction of sp³-hybridized carbons (Fsp3) is 0.579. The molecule has 2 amide bonds. The van der Waals surface area contributed by atoms with Crippen molar-refractivity contribution in [3.05, 3.63) is 29.8 Å². The minimum Gasteiger partial charge on any atom is -0.486 e. The van der Waals surface area contributed by atoms with Gasteiger partial charge in [-0.2, -0.15) is 0 Å². The lowest BCUT2D eigenvalue weighted by molar-refractivity contribution is -0.135. The highest BCUT2D eigenvalue weighted by atomic mass is 16.5. The van der Waals surface area contributed by atoms with Crippen molar-refractivity contribution in [2.24, 2.45) is 5.92 Å². The van der Waals surface area contributed by atoms with Crippen LogP contribution in [0.3, 0.4) is 0 Å². The molecule has 3 aliphatic rings. The Balaban J connectivity index is 1.54. The third kappa shape index (κ3) is 2.56. The number of likely N-dealkylation sites (N-methyl/N-ethyl adjacent to an activating group) is 1. The number of benzene rings is 1. The Kier molecular flexibility index (Phi) is 3.94. The smallest absolute Gasteiger partial charge is 0.257 e. The molecule has 2 fully saturated rings. The molecule has 0 N–H and O–H groups in total. The Hall–Kier alpha value is -2.04. The van der Waals surface area contributed by atoms with E-state index in [2.05, 4.69) is 0 Å². The minimum atomic E-state index is -0.143. The molecule has 1 aliphatic carbocycles. The molecular weight excluding hydrogens is 304 g/mol. The summed E-state index contributed by atoms with van der Waals surface area (Å²) in [5.41, 5.74) is 0.611. The second kappa shape index (κ2) is 6.11. The summed E-state index contributed by atoms with van der Waals surface area (Å²) in [5.74, 6) is 1.02. The van der Waals surface area contributed by atoms with Gasteiger partial charge in [0.1, 0.15) is 11.9 Å². The second-order valence-corrected chi connectivity index (χ2v) is 7.21. The van der Waals surface area contributed by atoms with E-state index < -0.39 is 0 Å². The Morgan fingerprint density at radius 3 is 2.67 bits per heavy atom. The van der Waals surface area contributed by atoms with E-state index in [0.29, 0.717) is 24.4 Å². The quantitative estimate of drug-likeness (QED) is 0.795. The average molecular weight is 328 g/mol. The third-order valence-corrected chi connectivity index (χ3v) is 5.72. The number of hydrogen-bond donors (Lipinski definition) is 0. The zero-order valence-corrected chi connectivity index (χ0v) is 14.1. The first-order valence-electron chi connectivity index (χ1n) is 8.97. The number of carbonyl (C=O) groups is 2. The van der Waals surface area contributed by atoms with Crippen molar-refractivity contribution < 1.29 is 14.3 Å². The van der Waals surface area contributed by atoms with Gasteiger partial charge in [-0.15, -0.1) is 0 Å². The van der Waals surface area contributed by atoms with Crippen LogP contribution in [0.15, 0.2) is 24.3 Å². The van der Waals surface area contributed by atoms with Gasteiger partial charge in [-0.25, -0.2) is 0 Å². The molecule has 0 radical (unpaired) electrons. The summed E-state index contributed by atoms with van der Waals surface area (Å²) in [6, 6.07) is 7.31. The van der Waals surface area contributed by atoms with Crippen LogP contribution in [-0.4, -0.2) is 53.9 Å². The van der Waals surface area contributed by atoms with Crippen molar-refractivity contribution in [3.8, 4) is 5.75 Å². The van der Waals surface area contributed by atoms with Crippen molar-refractivity contribution >= 4 is 11.8 Å². The number of fused-ring (bicyclic) bond motifs is 2. The summed E-state index contributed by atoms with van der Waals surface area (Å²) in [6.07, 6.45) is 5.41. The van der Waals surface area contributed by atoms with E-state index >= 15 is 0 Å². The fourth-order valence-electron chi connectivity index (χ4n) is 4.28. The normalized spacial score (nSPS) is 27.3. The Labute approximate surface area is 142 Å². The topological polar surface area (TPSA) is 49.9 Å². The minimum absolute atomic E-state index is 0.0231. The summed E-state index contributed by atoms with van der Waals surface area (Å²) in [6.45, 7) is 1.15. The number of rotatable bonds is 1. The van der Waals surface area contributed by atoms with Crippen molar-refractivity contribution in [1.29, 1.82) is 0 Å². The number of ether oxygens (including phenoxy) is 1. The van der Waals surface area contributed by atoms with Gasteiger partial charge in [0, 0.05) is 19.5 Å². The molecule has 24 heavy (non-hydrogen) atoms. The lowest BCUT2D eigenvalue weighted by Gasteiger charge is -2.27.